The van der Waals surface area contributed by atoms with Crippen molar-refractivity contribution < 1.29 is 9.53 Å². The van der Waals surface area contributed by atoms with Crippen molar-refractivity contribution in [2.24, 2.45) is 11.7 Å². The van der Waals surface area contributed by atoms with E-state index in [-0.39, 0.29) is 5.97 Å². The highest BCUT2D eigenvalue weighted by Gasteiger charge is 2.13. The molecule has 0 aromatic carbocycles. The van der Waals surface area contributed by atoms with Crippen LogP contribution in [0.25, 0.3) is 0 Å². The number of esters is 1. The van der Waals surface area contributed by atoms with Crippen molar-refractivity contribution in [2.45, 2.75) is 39.2 Å². The summed E-state index contributed by atoms with van der Waals surface area (Å²) < 4.78 is 5.08. The van der Waals surface area contributed by atoms with Crippen molar-refractivity contribution >= 4 is 17.7 Å². The van der Waals surface area contributed by atoms with E-state index in [2.05, 4.69) is 13.8 Å². The number of carbonyl (C=O) groups excluding carboxylic acids is 1. The molecule has 0 rings (SSSR count). The van der Waals surface area contributed by atoms with E-state index >= 15 is 0 Å². The lowest BCUT2D eigenvalue weighted by atomic mass is 10.1. The smallest absolute Gasteiger partial charge is 0.322 e. The third-order valence-corrected chi connectivity index (χ3v) is 2.75. The van der Waals surface area contributed by atoms with E-state index in [1.54, 1.807) is 11.8 Å². The maximum Gasteiger partial charge on any atom is 0.322 e. The second-order valence-corrected chi connectivity index (χ2v) is 5.08. The highest BCUT2D eigenvalue weighted by atomic mass is 32.2. The van der Waals surface area contributed by atoms with Gasteiger partial charge in [0, 0.05) is 0 Å². The van der Waals surface area contributed by atoms with Gasteiger partial charge in [-0.1, -0.05) is 13.8 Å². The molecule has 0 heterocycles. The molecule has 2 N–H and O–H groups in total. The standard InChI is InChI=1S/C11H23NO2S/c1-9(2)5-4-7-14-11(13)10(12)6-8-15-3/h9-10H,4-8,12H2,1-3H3/t10-/m1/s1. The zero-order valence-electron chi connectivity index (χ0n) is 9.99. The molecule has 0 saturated heterocycles. The first-order valence-electron chi connectivity index (χ1n) is 5.49. The Morgan fingerprint density at radius 3 is 2.60 bits per heavy atom. The molecule has 0 spiro atoms. The SMILES string of the molecule is CSCC[C@@H](N)C(=O)OCCCC(C)C. The van der Waals surface area contributed by atoms with Crippen LogP contribution >= 0.6 is 11.8 Å². The minimum Gasteiger partial charge on any atom is -0.465 e. The van der Waals surface area contributed by atoms with Crippen LogP contribution < -0.4 is 5.73 Å². The fourth-order valence-corrected chi connectivity index (χ4v) is 1.62. The largest absolute Gasteiger partial charge is 0.465 e. The minimum absolute atomic E-state index is 0.257. The van der Waals surface area contributed by atoms with Gasteiger partial charge in [0.2, 0.25) is 0 Å². The Morgan fingerprint density at radius 1 is 1.40 bits per heavy atom. The molecule has 90 valence electrons. The molecule has 0 fully saturated rings. The van der Waals surface area contributed by atoms with Gasteiger partial charge in [-0.15, -0.1) is 0 Å². The Hall–Kier alpha value is -0.220. The van der Waals surface area contributed by atoms with Gasteiger partial charge in [0.05, 0.1) is 6.61 Å². The van der Waals surface area contributed by atoms with Gasteiger partial charge in [-0.25, -0.2) is 0 Å². The lowest BCUT2D eigenvalue weighted by Crippen LogP contribution is -2.33. The van der Waals surface area contributed by atoms with Gasteiger partial charge < -0.3 is 10.5 Å². The second-order valence-electron chi connectivity index (χ2n) is 4.09. The van der Waals surface area contributed by atoms with Crippen molar-refractivity contribution in [1.29, 1.82) is 0 Å². The number of hydrogen-bond donors (Lipinski definition) is 1. The summed E-state index contributed by atoms with van der Waals surface area (Å²) in [5, 5.41) is 0. The van der Waals surface area contributed by atoms with Gasteiger partial charge >= 0.3 is 5.97 Å². The topological polar surface area (TPSA) is 52.3 Å². The van der Waals surface area contributed by atoms with E-state index in [4.69, 9.17) is 10.5 Å². The molecule has 0 aliphatic heterocycles. The number of thioether (sulfide) groups is 1. The van der Waals surface area contributed by atoms with Crippen LogP contribution in [-0.4, -0.2) is 30.6 Å². The summed E-state index contributed by atoms with van der Waals surface area (Å²) in [7, 11) is 0. The van der Waals surface area contributed by atoms with Gasteiger partial charge in [-0.3, -0.25) is 4.79 Å². The lowest BCUT2D eigenvalue weighted by Gasteiger charge is -2.11. The summed E-state index contributed by atoms with van der Waals surface area (Å²) >= 11 is 1.69. The van der Waals surface area contributed by atoms with Gasteiger partial charge in [0.15, 0.2) is 0 Å². The number of carbonyl (C=O) groups is 1. The minimum atomic E-state index is -0.448. The van der Waals surface area contributed by atoms with Gasteiger partial charge in [-0.2, -0.15) is 11.8 Å². The van der Waals surface area contributed by atoms with Crippen molar-refractivity contribution in [3.63, 3.8) is 0 Å². The average molecular weight is 233 g/mol. The molecule has 0 aliphatic rings. The van der Waals surface area contributed by atoms with Crippen LogP contribution in [0.1, 0.15) is 33.1 Å². The fourth-order valence-electron chi connectivity index (χ4n) is 1.13. The van der Waals surface area contributed by atoms with Crippen molar-refractivity contribution in [1.82, 2.24) is 0 Å². The molecule has 0 aliphatic carbocycles. The van der Waals surface area contributed by atoms with Crippen molar-refractivity contribution in [3.8, 4) is 0 Å². The summed E-state index contributed by atoms with van der Waals surface area (Å²) in [6.07, 6.45) is 4.72. The van der Waals surface area contributed by atoms with E-state index in [9.17, 15) is 4.79 Å². The van der Waals surface area contributed by atoms with Crippen LogP contribution in [0.5, 0.6) is 0 Å². The van der Waals surface area contributed by atoms with E-state index < -0.39 is 6.04 Å². The van der Waals surface area contributed by atoms with Gasteiger partial charge in [-0.05, 0) is 37.2 Å². The molecular weight excluding hydrogens is 210 g/mol. The molecule has 0 aromatic rings. The first-order valence-corrected chi connectivity index (χ1v) is 6.88. The zero-order chi connectivity index (χ0) is 11.7. The Balaban J connectivity index is 3.47. The average Bonchev–Trinajstić information content (AvgIpc) is 2.20. The van der Waals surface area contributed by atoms with E-state index in [0.717, 1.165) is 18.6 Å². The normalized spacial score (nSPS) is 12.9. The number of rotatable bonds is 8. The summed E-state index contributed by atoms with van der Waals surface area (Å²) in [6, 6.07) is -0.448. The zero-order valence-corrected chi connectivity index (χ0v) is 10.8. The van der Waals surface area contributed by atoms with Crippen LogP contribution in [0.4, 0.5) is 0 Å². The maximum atomic E-state index is 11.3. The molecule has 15 heavy (non-hydrogen) atoms. The Kier molecular flexibility index (Phi) is 8.91. The summed E-state index contributed by atoms with van der Waals surface area (Å²) in [6.45, 7) is 4.82. The van der Waals surface area contributed by atoms with Crippen LogP contribution in [0.2, 0.25) is 0 Å². The van der Waals surface area contributed by atoms with Crippen LogP contribution in [0, 0.1) is 5.92 Å². The van der Waals surface area contributed by atoms with Crippen molar-refractivity contribution in [2.75, 3.05) is 18.6 Å². The Labute approximate surface area is 97.1 Å². The molecule has 0 saturated carbocycles. The van der Waals surface area contributed by atoms with Crippen LogP contribution in [-0.2, 0) is 9.53 Å². The molecule has 0 aromatic heterocycles. The quantitative estimate of drug-likeness (QED) is 0.515. The van der Waals surface area contributed by atoms with Crippen LogP contribution in [0.15, 0.2) is 0 Å². The fraction of sp³-hybridized carbons (Fsp3) is 0.909. The molecule has 0 bridgehead atoms. The van der Waals surface area contributed by atoms with Gasteiger partial charge in [0.1, 0.15) is 6.04 Å². The maximum absolute atomic E-state index is 11.3. The Bertz CT molecular complexity index is 174. The monoisotopic (exact) mass is 233 g/mol. The second kappa shape index (κ2) is 9.04. The molecule has 3 nitrogen and oxygen atoms in total. The molecule has 0 amide bonds. The number of ether oxygens (including phenoxy) is 1. The Morgan fingerprint density at radius 2 is 2.07 bits per heavy atom. The summed E-state index contributed by atoms with van der Waals surface area (Å²) in [4.78, 5) is 11.3. The molecule has 0 unspecified atom stereocenters. The number of nitrogens with two attached hydrogens (primary N) is 1. The molecule has 0 radical (unpaired) electrons. The first kappa shape index (κ1) is 14.8. The predicted octanol–water partition coefficient (Wildman–Crippen LogP) is 2.05. The molecule has 4 heteroatoms. The van der Waals surface area contributed by atoms with E-state index in [1.165, 1.54) is 0 Å². The van der Waals surface area contributed by atoms with Gasteiger partial charge in [0.25, 0.3) is 0 Å². The highest BCUT2D eigenvalue weighted by Crippen LogP contribution is 2.04. The summed E-state index contributed by atoms with van der Waals surface area (Å²) in [5.74, 6) is 1.31. The van der Waals surface area contributed by atoms with Crippen molar-refractivity contribution in [3.05, 3.63) is 0 Å². The summed E-state index contributed by atoms with van der Waals surface area (Å²) in [5.41, 5.74) is 5.66. The third-order valence-electron chi connectivity index (χ3n) is 2.11. The van der Waals surface area contributed by atoms with E-state index in [0.29, 0.717) is 18.9 Å². The predicted molar refractivity (Wildman–Crippen MR) is 66.0 cm³/mol. The first-order chi connectivity index (χ1) is 7.07. The number of hydrogen-bond acceptors (Lipinski definition) is 4. The lowest BCUT2D eigenvalue weighted by molar-refractivity contribution is -0.145. The van der Waals surface area contributed by atoms with E-state index in [1.807, 2.05) is 6.26 Å². The van der Waals surface area contributed by atoms with Crippen LogP contribution in [0.3, 0.4) is 0 Å². The molecular formula is C11H23NO2S. The molecule has 1 atom stereocenters. The highest BCUT2D eigenvalue weighted by molar-refractivity contribution is 7.98. The third kappa shape index (κ3) is 8.75.